The van der Waals surface area contributed by atoms with Gasteiger partial charge in [-0.3, -0.25) is 9.59 Å². The average Bonchev–Trinajstić information content (AvgIpc) is 3.16. The quantitative estimate of drug-likeness (QED) is 0.144. The van der Waals surface area contributed by atoms with E-state index in [-0.39, 0.29) is 30.6 Å². The number of esters is 1. The second-order valence-electron chi connectivity index (χ2n) is 14.0. The van der Waals surface area contributed by atoms with Gasteiger partial charge in [-0.15, -0.1) is 0 Å². The van der Waals surface area contributed by atoms with Crippen molar-refractivity contribution >= 4 is 23.5 Å². The summed E-state index contributed by atoms with van der Waals surface area (Å²) in [4.78, 5) is 25.9. The van der Waals surface area contributed by atoms with Crippen LogP contribution in [-0.4, -0.2) is 58.8 Å². The van der Waals surface area contributed by atoms with E-state index in [2.05, 4.69) is 17.1 Å². The number of likely N-dealkylation sites (tertiary alicyclic amines) is 1. The second kappa shape index (κ2) is 16.7. The van der Waals surface area contributed by atoms with Crippen molar-refractivity contribution in [3.8, 4) is 11.1 Å². The van der Waals surface area contributed by atoms with Crippen molar-refractivity contribution in [3.63, 3.8) is 0 Å². The Morgan fingerprint density at radius 1 is 0.923 bits per heavy atom. The number of rotatable bonds is 11. The highest BCUT2D eigenvalue weighted by molar-refractivity contribution is 6.30. The number of benzene rings is 4. The number of nitrogens with zero attached hydrogens (tertiary/aromatic N) is 1. The summed E-state index contributed by atoms with van der Waals surface area (Å²) in [5.74, 6) is -0.818. The molecule has 2 aliphatic rings. The first-order valence-corrected chi connectivity index (χ1v) is 18.2. The maximum Gasteiger partial charge on any atom is 0.303 e. The number of ether oxygens (including phenoxy) is 3. The molecule has 2 saturated heterocycles. The minimum absolute atomic E-state index is 0.0216. The highest BCUT2D eigenvalue weighted by atomic mass is 35.5. The summed E-state index contributed by atoms with van der Waals surface area (Å²) in [6.45, 7) is 7.43. The minimum Gasteiger partial charge on any atom is -0.453 e. The molecule has 0 bridgehead atoms. The summed E-state index contributed by atoms with van der Waals surface area (Å²) in [5.41, 5.74) is 5.69. The van der Waals surface area contributed by atoms with Crippen molar-refractivity contribution in [3.05, 3.63) is 130 Å². The Balaban J connectivity index is 1.16. The van der Waals surface area contributed by atoms with Gasteiger partial charge in [0.15, 0.2) is 12.4 Å². The van der Waals surface area contributed by atoms with Crippen LogP contribution in [0.3, 0.4) is 0 Å². The van der Waals surface area contributed by atoms with E-state index in [0.29, 0.717) is 31.0 Å². The summed E-state index contributed by atoms with van der Waals surface area (Å²) in [7, 11) is 0. The first kappa shape index (κ1) is 37.7. The largest absolute Gasteiger partial charge is 0.453 e. The Morgan fingerprint density at radius 3 is 2.25 bits per heavy atom. The summed E-state index contributed by atoms with van der Waals surface area (Å²) in [5, 5.41) is 24.6. The summed E-state index contributed by atoms with van der Waals surface area (Å²) < 4.78 is 18.4. The predicted octanol–water partition coefficient (Wildman–Crippen LogP) is 6.84. The van der Waals surface area contributed by atoms with Crippen LogP contribution in [0.5, 0.6) is 0 Å². The molecule has 10 heteroatoms. The lowest BCUT2D eigenvalue weighted by atomic mass is 9.84. The fourth-order valence-corrected chi connectivity index (χ4v) is 7.19. The molecule has 3 N–H and O–H groups in total. The Kier molecular flexibility index (Phi) is 12.1. The average molecular weight is 727 g/mol. The molecule has 2 fully saturated rings. The smallest absolute Gasteiger partial charge is 0.303 e. The monoisotopic (exact) mass is 726 g/mol. The SMILES string of the molecule is CC(=O)OC(C)C(=O)NCc1cccc(-c2ccc(C3OC(CN4CCC(O)(c5ccc(Cl)cc5)CC4)C(C)C(c4ccc(CO)cc4)O3)cc2)c1. The van der Waals surface area contributed by atoms with Gasteiger partial charge in [0.2, 0.25) is 0 Å². The molecule has 2 aliphatic heterocycles. The fraction of sp³-hybridized carbons (Fsp3) is 0.381. The van der Waals surface area contributed by atoms with Crippen LogP contribution in [0.25, 0.3) is 11.1 Å². The zero-order valence-corrected chi connectivity index (χ0v) is 30.6. The van der Waals surface area contributed by atoms with Crippen molar-refractivity contribution in [1.29, 1.82) is 0 Å². The summed E-state index contributed by atoms with van der Waals surface area (Å²) in [6, 6.07) is 31.5. The van der Waals surface area contributed by atoms with Gasteiger partial charge in [0.05, 0.1) is 24.4 Å². The van der Waals surface area contributed by atoms with E-state index >= 15 is 0 Å². The first-order chi connectivity index (χ1) is 25.0. The number of hydrogen-bond donors (Lipinski definition) is 3. The third kappa shape index (κ3) is 9.09. The molecule has 0 aliphatic carbocycles. The van der Waals surface area contributed by atoms with E-state index in [1.165, 1.54) is 6.92 Å². The minimum atomic E-state index is -0.887. The van der Waals surface area contributed by atoms with Crippen molar-refractivity contribution < 1.29 is 34.0 Å². The second-order valence-corrected chi connectivity index (χ2v) is 14.4. The Labute approximate surface area is 310 Å². The third-order valence-corrected chi connectivity index (χ3v) is 10.5. The zero-order chi connectivity index (χ0) is 36.8. The van der Waals surface area contributed by atoms with Crippen LogP contribution in [0.1, 0.15) is 73.8 Å². The van der Waals surface area contributed by atoms with Gasteiger partial charge in [-0.1, -0.05) is 97.4 Å². The molecule has 5 atom stereocenters. The normalized spacial score (nSPS) is 22.3. The number of carbonyl (C=O) groups excluding carboxylic acids is 2. The number of halogens is 1. The van der Waals surface area contributed by atoms with Crippen LogP contribution in [0, 0.1) is 5.92 Å². The Morgan fingerprint density at radius 2 is 1.60 bits per heavy atom. The summed E-state index contributed by atoms with van der Waals surface area (Å²) >= 11 is 6.10. The van der Waals surface area contributed by atoms with E-state index in [1.54, 1.807) is 6.92 Å². The molecule has 274 valence electrons. The lowest BCUT2D eigenvalue weighted by Gasteiger charge is -2.45. The fourth-order valence-electron chi connectivity index (χ4n) is 7.07. The lowest BCUT2D eigenvalue weighted by molar-refractivity contribution is -0.277. The lowest BCUT2D eigenvalue weighted by Crippen LogP contribution is -2.49. The molecular formula is C42H47ClN2O7. The van der Waals surface area contributed by atoms with Gasteiger partial charge in [-0.25, -0.2) is 0 Å². The maximum atomic E-state index is 12.3. The van der Waals surface area contributed by atoms with E-state index in [4.69, 9.17) is 25.8 Å². The van der Waals surface area contributed by atoms with Crippen LogP contribution in [-0.2, 0) is 42.6 Å². The summed E-state index contributed by atoms with van der Waals surface area (Å²) in [6.07, 6.45) is -0.608. The van der Waals surface area contributed by atoms with Crippen molar-refractivity contribution in [2.24, 2.45) is 5.92 Å². The molecule has 4 aromatic rings. The van der Waals surface area contributed by atoms with Gasteiger partial charge in [0.25, 0.3) is 5.91 Å². The molecule has 2 heterocycles. The highest BCUT2D eigenvalue weighted by Gasteiger charge is 2.41. The molecule has 4 aromatic carbocycles. The topological polar surface area (TPSA) is 118 Å². The van der Waals surface area contributed by atoms with E-state index in [1.807, 2.05) is 97.1 Å². The van der Waals surface area contributed by atoms with Crippen LogP contribution in [0.15, 0.2) is 97.1 Å². The standard InChI is InChI=1S/C42H47ClN2O7/c1-27-38(25-45-21-19-42(49,20-22-45)36-15-17-37(43)18-16-36)51-41(52-39(27)33-9-7-30(26-46)8-10-33)34-13-11-32(12-14-34)35-6-4-5-31(23-35)24-44-40(48)28(2)50-29(3)47/h4-18,23,27-28,38-39,41,46,49H,19-22,24-26H2,1-3H3,(H,44,48). The molecular weight excluding hydrogens is 680 g/mol. The number of aliphatic hydroxyl groups excluding tert-OH is 1. The van der Waals surface area contributed by atoms with Gasteiger partial charge in [0.1, 0.15) is 0 Å². The first-order valence-electron chi connectivity index (χ1n) is 17.9. The van der Waals surface area contributed by atoms with E-state index in [9.17, 15) is 19.8 Å². The molecule has 9 nitrogen and oxygen atoms in total. The third-order valence-electron chi connectivity index (χ3n) is 10.2. The van der Waals surface area contributed by atoms with Gasteiger partial charge in [-0.2, -0.15) is 0 Å². The van der Waals surface area contributed by atoms with Crippen LogP contribution in [0.2, 0.25) is 5.02 Å². The molecule has 0 radical (unpaired) electrons. The number of nitrogens with one attached hydrogen (secondary N) is 1. The molecule has 0 spiro atoms. The van der Waals surface area contributed by atoms with E-state index < -0.39 is 24.0 Å². The number of carbonyl (C=O) groups is 2. The van der Waals surface area contributed by atoms with Crippen molar-refractivity contribution in [2.75, 3.05) is 19.6 Å². The van der Waals surface area contributed by atoms with Crippen molar-refractivity contribution in [2.45, 2.75) is 77.0 Å². The van der Waals surface area contributed by atoms with Crippen LogP contribution >= 0.6 is 11.6 Å². The number of piperidine rings is 1. The molecule has 6 rings (SSSR count). The van der Waals surface area contributed by atoms with Crippen molar-refractivity contribution in [1.82, 2.24) is 10.2 Å². The van der Waals surface area contributed by atoms with E-state index in [0.717, 1.165) is 52.0 Å². The molecule has 5 unspecified atom stereocenters. The highest BCUT2D eigenvalue weighted by Crippen LogP contribution is 2.43. The molecule has 1 amide bonds. The number of hydrogen-bond acceptors (Lipinski definition) is 8. The predicted molar refractivity (Wildman–Crippen MR) is 199 cm³/mol. The van der Waals surface area contributed by atoms with Gasteiger partial charge >= 0.3 is 5.97 Å². The van der Waals surface area contributed by atoms with Gasteiger partial charge in [-0.05, 0) is 71.3 Å². The molecule has 0 aromatic heterocycles. The Hall–Kier alpha value is -4.09. The molecule has 52 heavy (non-hydrogen) atoms. The van der Waals surface area contributed by atoms with Crippen LogP contribution in [0.4, 0.5) is 0 Å². The van der Waals surface area contributed by atoms with Gasteiger partial charge < -0.3 is 34.6 Å². The van der Waals surface area contributed by atoms with Crippen LogP contribution < -0.4 is 5.32 Å². The maximum absolute atomic E-state index is 12.3. The number of aliphatic hydroxyl groups is 2. The Bertz CT molecular complexity index is 1810. The zero-order valence-electron chi connectivity index (χ0n) is 29.8. The molecule has 0 saturated carbocycles. The van der Waals surface area contributed by atoms with Gasteiger partial charge in [0, 0.05) is 49.6 Å². The number of amides is 1.